The summed E-state index contributed by atoms with van der Waals surface area (Å²) in [6.07, 6.45) is 3.06. The minimum atomic E-state index is 0.142. The number of amides is 1. The van der Waals surface area contributed by atoms with E-state index in [2.05, 4.69) is 43.3 Å². The SMILES string of the molecule is CCC(=O)N(CCC(c1ccc(C)cc1)c1ccco1)Cc1ccccc1. The van der Waals surface area contributed by atoms with Crippen LogP contribution in [0.4, 0.5) is 0 Å². The van der Waals surface area contributed by atoms with Crippen molar-refractivity contribution in [3.63, 3.8) is 0 Å². The molecule has 0 saturated carbocycles. The van der Waals surface area contributed by atoms with Crippen LogP contribution in [-0.2, 0) is 11.3 Å². The van der Waals surface area contributed by atoms with Gasteiger partial charge in [-0.1, -0.05) is 67.1 Å². The van der Waals surface area contributed by atoms with E-state index in [0.717, 1.165) is 17.7 Å². The lowest BCUT2D eigenvalue weighted by molar-refractivity contribution is -0.131. The number of benzene rings is 2. The van der Waals surface area contributed by atoms with Crippen molar-refractivity contribution in [2.75, 3.05) is 6.54 Å². The number of rotatable bonds is 8. The average Bonchev–Trinajstić information content (AvgIpc) is 3.23. The molecule has 0 N–H and O–H groups in total. The number of aryl methyl sites for hydroxylation is 1. The fourth-order valence-electron chi connectivity index (χ4n) is 3.37. The van der Waals surface area contributed by atoms with Gasteiger partial charge in [0.05, 0.1) is 6.26 Å². The highest BCUT2D eigenvalue weighted by Gasteiger charge is 2.20. The van der Waals surface area contributed by atoms with E-state index in [1.54, 1.807) is 6.26 Å². The largest absolute Gasteiger partial charge is 0.469 e. The van der Waals surface area contributed by atoms with E-state index < -0.39 is 0 Å². The minimum absolute atomic E-state index is 0.142. The van der Waals surface area contributed by atoms with E-state index in [1.165, 1.54) is 11.1 Å². The van der Waals surface area contributed by atoms with Gasteiger partial charge >= 0.3 is 0 Å². The molecule has 0 aliphatic heterocycles. The first-order valence-corrected chi connectivity index (χ1v) is 9.59. The molecule has 3 nitrogen and oxygen atoms in total. The topological polar surface area (TPSA) is 33.5 Å². The van der Waals surface area contributed by atoms with Gasteiger partial charge in [0.2, 0.25) is 5.91 Å². The Labute approximate surface area is 161 Å². The summed E-state index contributed by atoms with van der Waals surface area (Å²) in [7, 11) is 0. The molecule has 1 amide bonds. The molecule has 27 heavy (non-hydrogen) atoms. The van der Waals surface area contributed by atoms with Crippen LogP contribution in [0.2, 0.25) is 0 Å². The van der Waals surface area contributed by atoms with E-state index >= 15 is 0 Å². The predicted octanol–water partition coefficient (Wildman–Crippen LogP) is 5.55. The number of hydrogen-bond acceptors (Lipinski definition) is 2. The normalized spacial score (nSPS) is 11.9. The third kappa shape index (κ3) is 5.10. The van der Waals surface area contributed by atoms with Gasteiger partial charge in [-0.05, 0) is 36.6 Å². The molecule has 3 heteroatoms. The maximum atomic E-state index is 12.5. The zero-order chi connectivity index (χ0) is 19.1. The second-order valence-corrected chi connectivity index (χ2v) is 6.92. The van der Waals surface area contributed by atoms with Crippen molar-refractivity contribution in [2.45, 2.75) is 39.2 Å². The summed E-state index contributed by atoms with van der Waals surface area (Å²) >= 11 is 0. The third-order valence-corrected chi connectivity index (χ3v) is 4.93. The molecule has 0 bridgehead atoms. The Morgan fingerprint density at radius 1 is 1.00 bits per heavy atom. The van der Waals surface area contributed by atoms with Crippen molar-refractivity contribution in [3.8, 4) is 0 Å². The van der Waals surface area contributed by atoms with Crippen molar-refractivity contribution in [3.05, 3.63) is 95.4 Å². The molecule has 1 unspecified atom stereocenters. The number of carbonyl (C=O) groups excluding carboxylic acids is 1. The Bertz CT molecular complexity index is 823. The lowest BCUT2D eigenvalue weighted by Crippen LogP contribution is -2.31. The first kappa shape index (κ1) is 19.0. The number of hydrogen-bond donors (Lipinski definition) is 0. The van der Waals surface area contributed by atoms with Crippen LogP contribution in [0.25, 0.3) is 0 Å². The molecule has 0 aliphatic rings. The van der Waals surface area contributed by atoms with Crippen LogP contribution in [0.3, 0.4) is 0 Å². The zero-order valence-electron chi connectivity index (χ0n) is 16.1. The van der Waals surface area contributed by atoms with Crippen LogP contribution in [0.1, 0.15) is 48.1 Å². The fourth-order valence-corrected chi connectivity index (χ4v) is 3.37. The maximum absolute atomic E-state index is 12.5. The number of furan rings is 1. The van der Waals surface area contributed by atoms with Crippen molar-refractivity contribution >= 4 is 5.91 Å². The van der Waals surface area contributed by atoms with Crippen LogP contribution in [0.15, 0.2) is 77.4 Å². The highest BCUT2D eigenvalue weighted by atomic mass is 16.3. The third-order valence-electron chi connectivity index (χ3n) is 4.93. The molecule has 3 aromatic rings. The molecule has 140 valence electrons. The fraction of sp³-hybridized carbons (Fsp3) is 0.292. The van der Waals surface area contributed by atoms with Crippen LogP contribution in [0, 0.1) is 6.92 Å². The predicted molar refractivity (Wildman–Crippen MR) is 108 cm³/mol. The van der Waals surface area contributed by atoms with Crippen molar-refractivity contribution in [1.82, 2.24) is 4.90 Å². The van der Waals surface area contributed by atoms with Gasteiger partial charge in [0.15, 0.2) is 0 Å². The molecule has 1 heterocycles. The summed E-state index contributed by atoms with van der Waals surface area (Å²) in [4.78, 5) is 14.5. The van der Waals surface area contributed by atoms with E-state index in [1.807, 2.05) is 42.2 Å². The Morgan fingerprint density at radius 2 is 1.74 bits per heavy atom. The first-order valence-electron chi connectivity index (χ1n) is 9.59. The molecule has 1 aromatic heterocycles. The number of carbonyl (C=O) groups is 1. The van der Waals surface area contributed by atoms with Crippen LogP contribution in [0.5, 0.6) is 0 Å². The molecule has 0 saturated heterocycles. The smallest absolute Gasteiger partial charge is 0.222 e. The molecule has 0 aliphatic carbocycles. The number of nitrogens with zero attached hydrogens (tertiary/aromatic N) is 1. The molecule has 3 rings (SSSR count). The highest BCUT2D eigenvalue weighted by Crippen LogP contribution is 2.29. The Balaban J connectivity index is 1.77. The minimum Gasteiger partial charge on any atom is -0.469 e. The quantitative estimate of drug-likeness (QED) is 0.527. The maximum Gasteiger partial charge on any atom is 0.222 e. The van der Waals surface area contributed by atoms with E-state index in [4.69, 9.17) is 4.42 Å². The first-order chi connectivity index (χ1) is 13.2. The van der Waals surface area contributed by atoms with Crippen LogP contribution in [-0.4, -0.2) is 17.4 Å². The van der Waals surface area contributed by atoms with Crippen molar-refractivity contribution in [1.29, 1.82) is 0 Å². The lowest BCUT2D eigenvalue weighted by Gasteiger charge is -2.25. The summed E-state index contributed by atoms with van der Waals surface area (Å²) in [5.74, 6) is 1.27. The monoisotopic (exact) mass is 361 g/mol. The van der Waals surface area contributed by atoms with Gasteiger partial charge in [0.25, 0.3) is 0 Å². The second-order valence-electron chi connectivity index (χ2n) is 6.92. The van der Waals surface area contributed by atoms with Crippen molar-refractivity contribution in [2.24, 2.45) is 0 Å². The van der Waals surface area contributed by atoms with Crippen LogP contribution >= 0.6 is 0 Å². The molecular formula is C24H27NO2. The van der Waals surface area contributed by atoms with Gasteiger partial charge in [-0.15, -0.1) is 0 Å². The van der Waals surface area contributed by atoms with Gasteiger partial charge in [0.1, 0.15) is 5.76 Å². The Kier molecular flexibility index (Phi) is 6.48. The highest BCUT2D eigenvalue weighted by molar-refractivity contribution is 5.75. The van der Waals surface area contributed by atoms with Gasteiger partial charge in [-0.3, -0.25) is 4.79 Å². The van der Waals surface area contributed by atoms with E-state index in [9.17, 15) is 4.79 Å². The summed E-state index contributed by atoms with van der Waals surface area (Å²) in [6, 6.07) is 22.7. The van der Waals surface area contributed by atoms with Crippen LogP contribution < -0.4 is 0 Å². The zero-order valence-corrected chi connectivity index (χ0v) is 16.1. The van der Waals surface area contributed by atoms with Gasteiger partial charge < -0.3 is 9.32 Å². The summed E-state index contributed by atoms with van der Waals surface area (Å²) < 4.78 is 5.71. The lowest BCUT2D eigenvalue weighted by atomic mass is 9.92. The average molecular weight is 361 g/mol. The van der Waals surface area contributed by atoms with E-state index in [0.29, 0.717) is 19.5 Å². The molecule has 1 atom stereocenters. The Morgan fingerprint density at radius 3 is 2.37 bits per heavy atom. The molecule has 0 radical (unpaired) electrons. The van der Waals surface area contributed by atoms with E-state index in [-0.39, 0.29) is 11.8 Å². The molecular weight excluding hydrogens is 334 g/mol. The second kappa shape index (κ2) is 9.22. The van der Waals surface area contributed by atoms with Gasteiger partial charge in [0, 0.05) is 25.4 Å². The summed E-state index contributed by atoms with van der Waals surface area (Å²) in [5, 5.41) is 0. The standard InChI is InChI=1S/C24H27NO2/c1-3-24(26)25(18-20-8-5-4-6-9-20)16-15-22(23-10-7-17-27-23)21-13-11-19(2)12-14-21/h4-14,17,22H,3,15-16,18H2,1-2H3. The summed E-state index contributed by atoms with van der Waals surface area (Å²) in [6.45, 7) is 5.35. The molecule has 0 spiro atoms. The Hall–Kier alpha value is -2.81. The molecule has 0 fully saturated rings. The summed E-state index contributed by atoms with van der Waals surface area (Å²) in [5.41, 5.74) is 3.62. The van der Waals surface area contributed by atoms with Gasteiger partial charge in [-0.2, -0.15) is 0 Å². The van der Waals surface area contributed by atoms with Gasteiger partial charge in [-0.25, -0.2) is 0 Å². The van der Waals surface area contributed by atoms with Crippen molar-refractivity contribution < 1.29 is 9.21 Å². The molecule has 2 aromatic carbocycles.